The van der Waals surface area contributed by atoms with Gasteiger partial charge in [0.1, 0.15) is 6.21 Å². The van der Waals surface area contributed by atoms with Gasteiger partial charge in [0.25, 0.3) is 0 Å². The monoisotopic (exact) mass is 209 g/mol. The first kappa shape index (κ1) is 11.0. The van der Waals surface area contributed by atoms with Crippen LogP contribution >= 0.6 is 0 Å². The number of benzene rings is 1. The number of ketones is 1. The number of ether oxygens (including phenoxy) is 2. The Labute approximate surface area is 86.9 Å². The Balaban J connectivity index is 3.08. The summed E-state index contributed by atoms with van der Waals surface area (Å²) < 4.78 is 10.0. The van der Waals surface area contributed by atoms with E-state index in [0.717, 1.165) is 6.21 Å². The maximum atomic E-state index is 11.3. The second-order valence-electron chi connectivity index (χ2n) is 2.68. The lowest BCUT2D eigenvalue weighted by Gasteiger charge is -2.07. The van der Waals surface area contributed by atoms with Gasteiger partial charge in [-0.05, 0) is 18.2 Å². The molecule has 1 aromatic carbocycles. The van der Waals surface area contributed by atoms with Gasteiger partial charge in [-0.1, -0.05) is 5.16 Å². The van der Waals surface area contributed by atoms with E-state index in [2.05, 4.69) is 5.16 Å². The summed E-state index contributed by atoms with van der Waals surface area (Å²) in [4.78, 5) is 11.3. The normalized spacial score (nSPS) is 10.3. The van der Waals surface area contributed by atoms with Gasteiger partial charge in [0, 0.05) is 5.56 Å². The molecule has 0 heterocycles. The zero-order valence-electron chi connectivity index (χ0n) is 8.43. The highest BCUT2D eigenvalue weighted by Crippen LogP contribution is 2.27. The van der Waals surface area contributed by atoms with Crippen LogP contribution in [0.5, 0.6) is 11.5 Å². The smallest absolute Gasteiger partial charge is 0.207 e. The zero-order valence-corrected chi connectivity index (χ0v) is 8.43. The Morgan fingerprint density at radius 2 is 2.00 bits per heavy atom. The van der Waals surface area contributed by atoms with E-state index in [1.165, 1.54) is 20.3 Å². The summed E-state index contributed by atoms with van der Waals surface area (Å²) in [6, 6.07) is 4.69. The van der Waals surface area contributed by atoms with Crippen molar-refractivity contribution in [3.05, 3.63) is 23.8 Å². The molecule has 80 valence electrons. The Kier molecular flexibility index (Phi) is 3.68. The molecule has 1 rings (SSSR count). The maximum absolute atomic E-state index is 11.3. The van der Waals surface area contributed by atoms with Crippen LogP contribution in [0.2, 0.25) is 0 Å². The first-order chi connectivity index (χ1) is 7.22. The van der Waals surface area contributed by atoms with Crippen molar-refractivity contribution in [2.24, 2.45) is 5.16 Å². The van der Waals surface area contributed by atoms with Crippen molar-refractivity contribution < 1.29 is 19.5 Å². The van der Waals surface area contributed by atoms with E-state index >= 15 is 0 Å². The van der Waals surface area contributed by atoms with Crippen LogP contribution in [0.25, 0.3) is 0 Å². The Bertz CT molecular complexity index is 387. The van der Waals surface area contributed by atoms with E-state index in [1.807, 2.05) is 0 Å². The molecule has 1 aromatic rings. The molecule has 0 aromatic heterocycles. The van der Waals surface area contributed by atoms with E-state index in [0.29, 0.717) is 17.1 Å². The second-order valence-corrected chi connectivity index (χ2v) is 2.68. The summed E-state index contributed by atoms with van der Waals surface area (Å²) in [5.41, 5.74) is 0.366. The number of rotatable bonds is 4. The van der Waals surface area contributed by atoms with Crippen LogP contribution in [0.1, 0.15) is 10.4 Å². The van der Waals surface area contributed by atoms with Crippen molar-refractivity contribution in [2.75, 3.05) is 14.2 Å². The lowest BCUT2D eigenvalue weighted by molar-refractivity contribution is 0.106. The van der Waals surface area contributed by atoms with Crippen molar-refractivity contribution in [1.82, 2.24) is 0 Å². The van der Waals surface area contributed by atoms with Gasteiger partial charge in [-0.15, -0.1) is 0 Å². The van der Waals surface area contributed by atoms with Gasteiger partial charge in [0.2, 0.25) is 5.78 Å². The fourth-order valence-corrected chi connectivity index (χ4v) is 1.12. The number of Topliss-reactive ketones (excluding diaryl/α,β-unsaturated/α-hetero) is 1. The highest BCUT2D eigenvalue weighted by atomic mass is 16.5. The maximum Gasteiger partial charge on any atom is 0.207 e. The van der Waals surface area contributed by atoms with Crippen LogP contribution in [0, 0.1) is 0 Å². The first-order valence-corrected chi connectivity index (χ1v) is 4.16. The lowest BCUT2D eigenvalue weighted by Crippen LogP contribution is -2.01. The summed E-state index contributed by atoms with van der Waals surface area (Å²) in [7, 11) is 2.99. The molecule has 0 saturated carbocycles. The van der Waals surface area contributed by atoms with E-state index in [4.69, 9.17) is 14.7 Å². The molecule has 1 N–H and O–H groups in total. The van der Waals surface area contributed by atoms with Crippen molar-refractivity contribution in [1.29, 1.82) is 0 Å². The molecule has 0 unspecified atom stereocenters. The topological polar surface area (TPSA) is 68.1 Å². The summed E-state index contributed by atoms with van der Waals surface area (Å²) in [6.45, 7) is 0. The molecule has 0 fully saturated rings. The molecular formula is C10H11NO4. The van der Waals surface area contributed by atoms with Crippen LogP contribution in [0.15, 0.2) is 23.4 Å². The third-order valence-corrected chi connectivity index (χ3v) is 1.84. The number of carbonyl (C=O) groups is 1. The fraction of sp³-hybridized carbons (Fsp3) is 0.200. The Morgan fingerprint density at radius 1 is 1.33 bits per heavy atom. The summed E-state index contributed by atoms with van der Waals surface area (Å²) >= 11 is 0. The minimum atomic E-state index is -0.404. The van der Waals surface area contributed by atoms with Crippen LogP contribution in [-0.4, -0.2) is 31.4 Å². The number of nitrogens with zero attached hydrogens (tertiary/aromatic N) is 1. The molecule has 5 heteroatoms. The second kappa shape index (κ2) is 4.99. The predicted octanol–water partition coefficient (Wildman–Crippen LogP) is 1.35. The van der Waals surface area contributed by atoms with Crippen LogP contribution in [-0.2, 0) is 0 Å². The number of oxime groups is 1. The lowest BCUT2D eigenvalue weighted by atomic mass is 10.1. The van der Waals surface area contributed by atoms with Crippen molar-refractivity contribution >= 4 is 12.0 Å². The van der Waals surface area contributed by atoms with Gasteiger partial charge < -0.3 is 14.7 Å². The van der Waals surface area contributed by atoms with Crippen LogP contribution in [0.4, 0.5) is 0 Å². The Hall–Kier alpha value is -2.04. The fourth-order valence-electron chi connectivity index (χ4n) is 1.12. The number of carbonyl (C=O) groups excluding carboxylic acids is 1. The first-order valence-electron chi connectivity index (χ1n) is 4.16. The minimum Gasteiger partial charge on any atom is -0.493 e. The average Bonchev–Trinajstić information content (AvgIpc) is 2.28. The van der Waals surface area contributed by atoms with Crippen molar-refractivity contribution in [3.63, 3.8) is 0 Å². The molecule has 0 aliphatic heterocycles. The van der Waals surface area contributed by atoms with Gasteiger partial charge in [0.05, 0.1) is 14.2 Å². The molecule has 0 spiro atoms. The van der Waals surface area contributed by atoms with Crippen molar-refractivity contribution in [3.8, 4) is 11.5 Å². The van der Waals surface area contributed by atoms with E-state index < -0.39 is 5.78 Å². The van der Waals surface area contributed by atoms with E-state index in [-0.39, 0.29) is 0 Å². The van der Waals surface area contributed by atoms with Gasteiger partial charge >= 0.3 is 0 Å². The molecule has 0 saturated heterocycles. The zero-order chi connectivity index (χ0) is 11.3. The predicted molar refractivity (Wildman–Crippen MR) is 54.2 cm³/mol. The standard InChI is InChI=1S/C10H11NO4/c1-14-9-4-3-7(5-10(9)15-2)8(12)6-11-13/h3-6,13H,1-2H3/b11-6-. The quantitative estimate of drug-likeness (QED) is 0.351. The molecule has 0 aliphatic carbocycles. The van der Waals surface area contributed by atoms with E-state index in [1.54, 1.807) is 12.1 Å². The molecule has 0 aliphatic rings. The summed E-state index contributed by atoms with van der Waals surface area (Å²) in [5, 5.41) is 10.9. The van der Waals surface area contributed by atoms with Crippen LogP contribution < -0.4 is 9.47 Å². The Morgan fingerprint density at radius 3 is 2.53 bits per heavy atom. The van der Waals surface area contributed by atoms with Gasteiger partial charge in [-0.2, -0.15) is 0 Å². The number of hydrogen-bond acceptors (Lipinski definition) is 5. The van der Waals surface area contributed by atoms with Crippen LogP contribution in [0.3, 0.4) is 0 Å². The summed E-state index contributed by atoms with van der Waals surface area (Å²) in [6.07, 6.45) is 0.821. The molecule has 0 atom stereocenters. The van der Waals surface area contributed by atoms with Gasteiger partial charge in [-0.3, -0.25) is 4.79 Å². The highest BCUT2D eigenvalue weighted by Gasteiger charge is 2.08. The van der Waals surface area contributed by atoms with E-state index in [9.17, 15) is 4.79 Å². The summed E-state index contributed by atoms with van der Waals surface area (Å²) in [5.74, 6) is 0.586. The van der Waals surface area contributed by atoms with Crippen molar-refractivity contribution in [2.45, 2.75) is 0 Å². The molecule has 0 amide bonds. The molecular weight excluding hydrogens is 198 g/mol. The highest BCUT2D eigenvalue weighted by molar-refractivity contribution is 6.35. The molecule has 0 radical (unpaired) electrons. The largest absolute Gasteiger partial charge is 0.493 e. The molecule has 5 nitrogen and oxygen atoms in total. The SMILES string of the molecule is COc1ccc(C(=O)/C=N\O)cc1OC. The van der Waals surface area contributed by atoms with Gasteiger partial charge in [0.15, 0.2) is 11.5 Å². The average molecular weight is 209 g/mol. The third kappa shape index (κ3) is 2.46. The third-order valence-electron chi connectivity index (χ3n) is 1.84. The minimum absolute atomic E-state index is 0.366. The number of hydrogen-bond donors (Lipinski definition) is 1. The molecule has 15 heavy (non-hydrogen) atoms. The van der Waals surface area contributed by atoms with Gasteiger partial charge in [-0.25, -0.2) is 0 Å². The number of methoxy groups -OCH3 is 2. The molecule has 0 bridgehead atoms.